The number of nitrogens with one attached hydrogen (secondary N) is 2. The van der Waals surface area contributed by atoms with E-state index in [2.05, 4.69) is 21.1 Å². The van der Waals surface area contributed by atoms with E-state index in [9.17, 15) is 14.4 Å². The molecule has 1 amide bonds. The normalized spacial score (nSPS) is 14.3. The summed E-state index contributed by atoms with van der Waals surface area (Å²) in [5, 5.41) is 23.5. The molecule has 5 rings (SSSR count). The van der Waals surface area contributed by atoms with Crippen LogP contribution in [-0.2, 0) is 19.6 Å². The van der Waals surface area contributed by atoms with E-state index in [1.165, 1.54) is 4.80 Å². The van der Waals surface area contributed by atoms with Crippen LogP contribution < -0.4 is 21.5 Å². The highest BCUT2D eigenvalue weighted by molar-refractivity contribution is 6.32. The molecule has 4 aromatic rings. The molecule has 0 bridgehead atoms. The fourth-order valence-electron chi connectivity index (χ4n) is 4.75. The van der Waals surface area contributed by atoms with Crippen molar-refractivity contribution in [1.82, 2.24) is 24.9 Å². The van der Waals surface area contributed by atoms with Crippen LogP contribution >= 0.6 is 11.6 Å². The summed E-state index contributed by atoms with van der Waals surface area (Å²) in [6, 6.07) is 6.61. The van der Waals surface area contributed by atoms with Crippen LogP contribution in [0.5, 0.6) is 0 Å². The lowest BCUT2D eigenvalue weighted by atomic mass is 9.85. The number of aromatic nitrogens is 4. The van der Waals surface area contributed by atoms with Gasteiger partial charge < -0.3 is 25.1 Å². The lowest BCUT2D eigenvalue weighted by Gasteiger charge is -2.31. The molecule has 1 aliphatic heterocycles. The standard InChI is InChI=1S/C26H30ClN7O5/c1-14-5-8-18(39-14)24(26(2,3)4)29-21-20(22(36)23(21)37)28-17-7-6-16(27)15-13-32(25(38)19(15)17)9-10-33-30-31-34(33)11-12-35/h5-8,24,28-29,35H,9-13H2,1-4H3/t24-/m0/s1. The topological polar surface area (TPSA) is 148 Å². The molecule has 3 N–H and O–H groups in total. The number of rotatable bonds is 10. The smallest absolute Gasteiger partial charge is 0.256 e. The number of aliphatic hydroxyl groups is 1. The number of carbonyl (C=O) groups is 1. The predicted octanol–water partition coefficient (Wildman–Crippen LogP) is 2.82. The van der Waals surface area contributed by atoms with E-state index in [1.807, 2.05) is 39.8 Å². The lowest BCUT2D eigenvalue weighted by molar-refractivity contribution is 0.0750. The van der Waals surface area contributed by atoms with Gasteiger partial charge in [0.15, 0.2) is 0 Å². The first kappa shape index (κ1) is 26.7. The van der Waals surface area contributed by atoms with E-state index < -0.39 is 10.9 Å². The van der Waals surface area contributed by atoms with Crippen LogP contribution in [0, 0.1) is 12.3 Å². The number of aryl methyl sites for hydroxylation is 1. The maximum absolute atomic E-state index is 13.4. The Hall–Kier alpha value is -3.90. The highest BCUT2D eigenvalue weighted by atomic mass is 35.5. The minimum atomic E-state index is -0.668. The number of hydrogen-bond acceptors (Lipinski definition) is 9. The van der Waals surface area contributed by atoms with E-state index in [4.69, 9.17) is 21.1 Å². The van der Waals surface area contributed by atoms with Gasteiger partial charge in [0.05, 0.1) is 37.0 Å². The fraction of sp³-hybridized carbons (Fsp3) is 0.423. The maximum atomic E-state index is 13.4. The van der Waals surface area contributed by atoms with Crippen LogP contribution in [0.15, 0.2) is 38.3 Å². The number of benzene rings is 1. The Balaban J connectivity index is 1.39. The summed E-state index contributed by atoms with van der Waals surface area (Å²) in [5.41, 5.74) is -0.0281. The molecule has 0 aliphatic carbocycles. The zero-order valence-electron chi connectivity index (χ0n) is 22.1. The van der Waals surface area contributed by atoms with Crippen LogP contribution in [0.25, 0.3) is 0 Å². The van der Waals surface area contributed by atoms with E-state index in [0.29, 0.717) is 47.2 Å². The quantitative estimate of drug-likeness (QED) is 0.251. The van der Waals surface area contributed by atoms with Crippen molar-refractivity contribution < 1.29 is 14.3 Å². The number of anilines is 3. The van der Waals surface area contributed by atoms with Crippen LogP contribution in [0.4, 0.5) is 17.1 Å². The number of furan rings is 1. The summed E-state index contributed by atoms with van der Waals surface area (Å²) < 4.78 is 5.83. The molecule has 2 aromatic heterocycles. The molecule has 0 fully saturated rings. The molecule has 0 spiro atoms. The second-order valence-electron chi connectivity index (χ2n) is 10.7. The van der Waals surface area contributed by atoms with Gasteiger partial charge in [0.25, 0.3) is 16.8 Å². The number of fused-ring (bicyclic) bond motifs is 1. The Morgan fingerprint density at radius 2 is 1.72 bits per heavy atom. The van der Waals surface area contributed by atoms with Crippen molar-refractivity contribution in [3.05, 3.63) is 72.4 Å². The average Bonchev–Trinajstić information content (AvgIpc) is 3.45. The summed E-state index contributed by atoms with van der Waals surface area (Å²) >= 11 is 6.45. The molecule has 13 heteroatoms. The van der Waals surface area contributed by atoms with Crippen molar-refractivity contribution in [2.24, 2.45) is 5.41 Å². The summed E-state index contributed by atoms with van der Waals surface area (Å²) in [4.78, 5) is 43.4. The molecule has 0 radical (unpaired) electrons. The third kappa shape index (κ3) is 4.85. The molecule has 1 atom stereocenters. The maximum Gasteiger partial charge on any atom is 0.256 e. The molecular formula is C26H30ClN7O5. The molecule has 206 valence electrons. The van der Waals surface area contributed by atoms with Crippen molar-refractivity contribution in [1.29, 1.82) is 0 Å². The van der Waals surface area contributed by atoms with Crippen molar-refractivity contribution >= 4 is 34.6 Å². The first-order valence-corrected chi connectivity index (χ1v) is 13.0. The van der Waals surface area contributed by atoms with Crippen LogP contribution in [-0.4, -0.2) is 49.1 Å². The van der Waals surface area contributed by atoms with E-state index >= 15 is 0 Å². The first-order chi connectivity index (χ1) is 18.5. The molecule has 39 heavy (non-hydrogen) atoms. The molecule has 0 saturated heterocycles. The number of hydrogen-bond donors (Lipinski definition) is 3. The van der Waals surface area contributed by atoms with Crippen LogP contribution in [0.3, 0.4) is 0 Å². The summed E-state index contributed by atoms with van der Waals surface area (Å²) in [6.45, 7) is 9.11. The molecule has 12 nitrogen and oxygen atoms in total. The Morgan fingerprint density at radius 3 is 2.33 bits per heavy atom. The first-order valence-electron chi connectivity index (χ1n) is 12.6. The highest BCUT2D eigenvalue weighted by Gasteiger charge is 2.35. The Labute approximate surface area is 228 Å². The summed E-state index contributed by atoms with van der Waals surface area (Å²) in [6.07, 6.45) is 0. The van der Waals surface area contributed by atoms with Gasteiger partial charge in [0.1, 0.15) is 22.9 Å². The van der Waals surface area contributed by atoms with Gasteiger partial charge >= 0.3 is 0 Å². The van der Waals surface area contributed by atoms with Gasteiger partial charge in [-0.2, -0.15) is 9.59 Å². The van der Waals surface area contributed by atoms with Crippen molar-refractivity contribution in [3.63, 3.8) is 0 Å². The molecule has 0 unspecified atom stereocenters. The second-order valence-corrected chi connectivity index (χ2v) is 11.1. The zero-order valence-corrected chi connectivity index (χ0v) is 22.9. The highest BCUT2D eigenvalue weighted by Crippen LogP contribution is 2.39. The van der Waals surface area contributed by atoms with Crippen molar-refractivity contribution in [3.8, 4) is 0 Å². The minimum Gasteiger partial charge on any atom is -0.464 e. The minimum absolute atomic E-state index is 0.0696. The van der Waals surface area contributed by atoms with Gasteiger partial charge in [-0.3, -0.25) is 14.4 Å². The van der Waals surface area contributed by atoms with Gasteiger partial charge in [-0.1, -0.05) is 32.4 Å². The Bertz CT molecular complexity index is 1600. The SMILES string of the molecule is Cc1ccc([C@H](Nc2c(Nc3ccc(Cl)c4c3C(=O)N(CCn3nnn3CCO)C4)c(=O)c2=O)C(C)(C)C)o1. The predicted molar refractivity (Wildman–Crippen MR) is 145 cm³/mol. The van der Waals surface area contributed by atoms with Gasteiger partial charge in [0.2, 0.25) is 0 Å². The largest absolute Gasteiger partial charge is 0.464 e. The van der Waals surface area contributed by atoms with Gasteiger partial charge in [-0.05, 0) is 47.0 Å². The lowest BCUT2D eigenvalue weighted by Crippen LogP contribution is -2.39. The van der Waals surface area contributed by atoms with E-state index in [-0.39, 0.29) is 41.9 Å². The van der Waals surface area contributed by atoms with Crippen molar-refractivity contribution in [2.75, 3.05) is 23.8 Å². The van der Waals surface area contributed by atoms with Gasteiger partial charge in [-0.25, -0.2) is 0 Å². The monoisotopic (exact) mass is 555 g/mol. The summed E-state index contributed by atoms with van der Waals surface area (Å²) in [7, 11) is 0. The molecule has 2 aromatic carbocycles. The Morgan fingerprint density at radius 1 is 1.03 bits per heavy atom. The van der Waals surface area contributed by atoms with Gasteiger partial charge in [-0.15, -0.1) is 0 Å². The number of amides is 1. The number of nitrogens with zero attached hydrogens (tertiary/aromatic N) is 5. The van der Waals surface area contributed by atoms with E-state index in [0.717, 1.165) is 5.76 Å². The number of aliphatic hydroxyl groups excluding tert-OH is 1. The average molecular weight is 556 g/mol. The zero-order chi connectivity index (χ0) is 28.1. The fourth-order valence-corrected chi connectivity index (χ4v) is 4.97. The molecule has 1 aliphatic rings. The van der Waals surface area contributed by atoms with Crippen LogP contribution in [0.2, 0.25) is 5.02 Å². The number of carbonyl (C=O) groups excluding carboxylic acids is 1. The molecule has 0 saturated carbocycles. The Kier molecular flexibility index (Phi) is 6.85. The van der Waals surface area contributed by atoms with Crippen molar-refractivity contribution in [2.45, 2.75) is 53.4 Å². The third-order valence-electron chi connectivity index (χ3n) is 6.86. The third-order valence-corrected chi connectivity index (χ3v) is 7.21. The molecule has 3 heterocycles. The number of halogens is 1. The molecular weight excluding hydrogens is 526 g/mol. The summed E-state index contributed by atoms with van der Waals surface area (Å²) in [5.74, 6) is 1.13. The second kappa shape index (κ2) is 10.0. The van der Waals surface area contributed by atoms with Gasteiger partial charge in [0, 0.05) is 23.7 Å². The van der Waals surface area contributed by atoms with Crippen LogP contribution in [0.1, 0.15) is 54.3 Å². The van der Waals surface area contributed by atoms with E-state index in [1.54, 1.807) is 21.8 Å².